The van der Waals surface area contributed by atoms with Crippen LogP contribution in [0.15, 0.2) is 0 Å². The molecule has 0 spiro atoms. The second kappa shape index (κ2) is 4.10. The molecule has 1 rings (SSSR count). The van der Waals surface area contributed by atoms with Crippen molar-refractivity contribution in [2.45, 2.75) is 44.8 Å². The van der Waals surface area contributed by atoms with Crippen LogP contribution in [0.5, 0.6) is 0 Å². The summed E-state index contributed by atoms with van der Waals surface area (Å²) in [5.74, 6) is 0.276. The minimum atomic E-state index is -0.718. The van der Waals surface area contributed by atoms with Gasteiger partial charge in [-0.2, -0.15) is 0 Å². The Balaban J connectivity index is 2.42. The molecule has 0 saturated heterocycles. The molecule has 0 aromatic rings. The van der Waals surface area contributed by atoms with Crippen LogP contribution in [0.2, 0.25) is 0 Å². The third-order valence-corrected chi connectivity index (χ3v) is 3.14. The van der Waals surface area contributed by atoms with Gasteiger partial charge in [0.05, 0.1) is 11.1 Å². The molecule has 15 heavy (non-hydrogen) atoms. The Bertz CT molecular complexity index is 245. The van der Waals surface area contributed by atoms with Gasteiger partial charge in [-0.1, -0.05) is 0 Å². The van der Waals surface area contributed by atoms with Crippen molar-refractivity contribution in [3.05, 3.63) is 0 Å². The highest BCUT2D eigenvalue weighted by Crippen LogP contribution is 2.38. The lowest BCUT2D eigenvalue weighted by Gasteiger charge is -2.28. The van der Waals surface area contributed by atoms with E-state index in [0.29, 0.717) is 12.5 Å². The first-order chi connectivity index (χ1) is 6.79. The maximum absolute atomic E-state index is 11.8. The van der Waals surface area contributed by atoms with Crippen molar-refractivity contribution in [2.75, 3.05) is 13.7 Å². The van der Waals surface area contributed by atoms with Crippen LogP contribution in [-0.2, 0) is 9.53 Å². The third-order valence-electron chi connectivity index (χ3n) is 3.14. The number of nitrogens with one attached hydrogen (secondary N) is 1. The molecular formula is C11H22N2O2. The van der Waals surface area contributed by atoms with E-state index in [1.54, 1.807) is 14.0 Å². The van der Waals surface area contributed by atoms with E-state index < -0.39 is 5.54 Å². The van der Waals surface area contributed by atoms with Crippen molar-refractivity contribution in [3.63, 3.8) is 0 Å². The van der Waals surface area contributed by atoms with Gasteiger partial charge in [0.15, 0.2) is 0 Å². The van der Waals surface area contributed by atoms with Crippen molar-refractivity contribution in [1.29, 1.82) is 0 Å². The van der Waals surface area contributed by atoms with Gasteiger partial charge in [-0.25, -0.2) is 0 Å². The zero-order valence-electron chi connectivity index (χ0n) is 10.1. The first-order valence-corrected chi connectivity index (χ1v) is 5.42. The SMILES string of the molecule is COC(C)(C)CNC(=O)C(C)(N)C1CC1. The molecule has 4 heteroatoms. The van der Waals surface area contributed by atoms with E-state index in [0.717, 1.165) is 12.8 Å². The number of carbonyl (C=O) groups excluding carboxylic acids is 1. The van der Waals surface area contributed by atoms with Gasteiger partial charge in [-0.15, -0.1) is 0 Å². The Morgan fingerprint density at radius 1 is 1.47 bits per heavy atom. The van der Waals surface area contributed by atoms with Gasteiger partial charge in [-0.3, -0.25) is 4.79 Å². The van der Waals surface area contributed by atoms with E-state index in [1.165, 1.54) is 0 Å². The summed E-state index contributed by atoms with van der Waals surface area (Å²) < 4.78 is 5.22. The normalized spacial score (nSPS) is 20.9. The highest BCUT2D eigenvalue weighted by Gasteiger charge is 2.44. The van der Waals surface area contributed by atoms with Gasteiger partial charge in [0.2, 0.25) is 5.91 Å². The highest BCUT2D eigenvalue weighted by molar-refractivity contribution is 5.86. The van der Waals surface area contributed by atoms with Crippen LogP contribution in [0.1, 0.15) is 33.6 Å². The lowest BCUT2D eigenvalue weighted by molar-refractivity contribution is -0.127. The first-order valence-electron chi connectivity index (χ1n) is 5.42. The number of rotatable bonds is 5. The number of carbonyl (C=O) groups is 1. The molecule has 88 valence electrons. The molecule has 1 fully saturated rings. The van der Waals surface area contributed by atoms with Crippen LogP contribution in [0, 0.1) is 5.92 Å². The molecule has 0 radical (unpaired) electrons. The number of hydrogen-bond donors (Lipinski definition) is 2. The fraction of sp³-hybridized carbons (Fsp3) is 0.909. The first kappa shape index (κ1) is 12.5. The average Bonchev–Trinajstić information content (AvgIpc) is 2.97. The van der Waals surface area contributed by atoms with Crippen LogP contribution in [0.3, 0.4) is 0 Å². The summed E-state index contributed by atoms with van der Waals surface area (Å²) in [6, 6.07) is 0. The summed E-state index contributed by atoms with van der Waals surface area (Å²) >= 11 is 0. The van der Waals surface area contributed by atoms with E-state index in [9.17, 15) is 4.79 Å². The molecule has 0 heterocycles. The monoisotopic (exact) mass is 214 g/mol. The van der Waals surface area contributed by atoms with Gasteiger partial charge in [0.1, 0.15) is 0 Å². The molecule has 0 aromatic heterocycles. The molecule has 1 atom stereocenters. The van der Waals surface area contributed by atoms with Crippen LogP contribution >= 0.6 is 0 Å². The molecule has 1 aliphatic rings. The summed E-state index contributed by atoms with van der Waals surface area (Å²) in [5.41, 5.74) is 4.93. The van der Waals surface area contributed by atoms with Crippen LogP contribution in [-0.4, -0.2) is 30.7 Å². The fourth-order valence-corrected chi connectivity index (χ4v) is 1.42. The number of ether oxygens (including phenoxy) is 1. The van der Waals surface area contributed by atoms with Crippen molar-refractivity contribution < 1.29 is 9.53 Å². The molecule has 1 amide bonds. The maximum Gasteiger partial charge on any atom is 0.240 e. The Hall–Kier alpha value is -0.610. The Labute approximate surface area is 91.5 Å². The van der Waals surface area contributed by atoms with Crippen molar-refractivity contribution >= 4 is 5.91 Å². The van der Waals surface area contributed by atoms with Crippen LogP contribution < -0.4 is 11.1 Å². The summed E-state index contributed by atoms with van der Waals surface area (Å²) in [6.45, 7) is 6.15. The van der Waals surface area contributed by atoms with E-state index in [2.05, 4.69) is 5.32 Å². The van der Waals surface area contributed by atoms with Gasteiger partial charge in [0, 0.05) is 13.7 Å². The molecule has 1 unspecified atom stereocenters. The molecule has 0 bridgehead atoms. The second-order valence-electron chi connectivity index (χ2n) is 5.20. The lowest BCUT2D eigenvalue weighted by atomic mass is 9.96. The van der Waals surface area contributed by atoms with Crippen molar-refractivity contribution in [2.24, 2.45) is 11.7 Å². The summed E-state index contributed by atoms with van der Waals surface area (Å²) in [4.78, 5) is 11.8. The molecule has 0 aliphatic heterocycles. The maximum atomic E-state index is 11.8. The van der Waals surface area contributed by atoms with Gasteiger partial charge < -0.3 is 15.8 Å². The van der Waals surface area contributed by atoms with E-state index in [-0.39, 0.29) is 11.5 Å². The zero-order chi connectivity index (χ0) is 11.7. The van der Waals surface area contributed by atoms with E-state index in [4.69, 9.17) is 10.5 Å². The van der Waals surface area contributed by atoms with Crippen LogP contribution in [0.25, 0.3) is 0 Å². The topological polar surface area (TPSA) is 64.3 Å². The van der Waals surface area contributed by atoms with E-state index in [1.807, 2.05) is 13.8 Å². The quantitative estimate of drug-likeness (QED) is 0.706. The number of hydrogen-bond acceptors (Lipinski definition) is 3. The fourth-order valence-electron chi connectivity index (χ4n) is 1.42. The molecule has 0 aromatic carbocycles. The Morgan fingerprint density at radius 3 is 2.40 bits per heavy atom. The second-order valence-corrected chi connectivity index (χ2v) is 5.20. The summed E-state index contributed by atoms with van der Waals surface area (Å²) in [5, 5.41) is 2.85. The number of methoxy groups -OCH3 is 1. The minimum absolute atomic E-state index is 0.0740. The number of amides is 1. The van der Waals surface area contributed by atoms with E-state index >= 15 is 0 Å². The molecule has 4 nitrogen and oxygen atoms in total. The van der Waals surface area contributed by atoms with Crippen LogP contribution in [0.4, 0.5) is 0 Å². The predicted octanol–water partition coefficient (Wildman–Crippen LogP) is 0.655. The highest BCUT2D eigenvalue weighted by atomic mass is 16.5. The van der Waals surface area contributed by atoms with Crippen molar-refractivity contribution in [3.8, 4) is 0 Å². The predicted molar refractivity (Wildman–Crippen MR) is 59.4 cm³/mol. The van der Waals surface area contributed by atoms with Gasteiger partial charge in [-0.05, 0) is 39.5 Å². The standard InChI is InChI=1S/C11H22N2O2/c1-10(2,15-4)7-13-9(14)11(3,12)8-5-6-8/h8H,5-7,12H2,1-4H3,(H,13,14). The van der Waals surface area contributed by atoms with Gasteiger partial charge in [0.25, 0.3) is 0 Å². The smallest absolute Gasteiger partial charge is 0.240 e. The largest absolute Gasteiger partial charge is 0.377 e. The third kappa shape index (κ3) is 3.18. The number of nitrogens with two attached hydrogens (primary N) is 1. The molecular weight excluding hydrogens is 192 g/mol. The molecule has 3 N–H and O–H groups in total. The summed E-state index contributed by atoms with van der Waals surface area (Å²) in [6.07, 6.45) is 2.13. The minimum Gasteiger partial charge on any atom is -0.377 e. The summed E-state index contributed by atoms with van der Waals surface area (Å²) in [7, 11) is 1.63. The Morgan fingerprint density at radius 2 is 2.00 bits per heavy atom. The van der Waals surface area contributed by atoms with Gasteiger partial charge >= 0.3 is 0 Å². The molecule has 1 aliphatic carbocycles. The van der Waals surface area contributed by atoms with Crippen molar-refractivity contribution in [1.82, 2.24) is 5.32 Å². The zero-order valence-corrected chi connectivity index (χ0v) is 10.1. The molecule has 1 saturated carbocycles. The lowest BCUT2D eigenvalue weighted by Crippen LogP contribution is -2.55. The average molecular weight is 214 g/mol. The Kier molecular flexibility index (Phi) is 3.41.